The van der Waals surface area contributed by atoms with Crippen LogP contribution >= 0.6 is 0 Å². The quantitative estimate of drug-likeness (QED) is 0.810. The Morgan fingerprint density at radius 3 is 2.62 bits per heavy atom. The van der Waals surface area contributed by atoms with Crippen LogP contribution in [0.25, 0.3) is 0 Å². The first-order chi connectivity index (χ1) is 7.47. The van der Waals surface area contributed by atoms with Crippen LogP contribution in [0.3, 0.4) is 0 Å². The van der Waals surface area contributed by atoms with Gasteiger partial charge in [0, 0.05) is 0 Å². The topological polar surface area (TPSA) is 66.6 Å². The van der Waals surface area contributed by atoms with Crippen molar-refractivity contribution >= 4 is 5.91 Å². The summed E-state index contributed by atoms with van der Waals surface area (Å²) in [6, 6.07) is 0. The number of aromatic nitrogens is 1. The van der Waals surface area contributed by atoms with Gasteiger partial charge in [0.1, 0.15) is 11.3 Å². The van der Waals surface area contributed by atoms with Crippen LogP contribution in [-0.4, -0.2) is 39.8 Å². The van der Waals surface area contributed by atoms with Crippen LogP contribution in [0.1, 0.15) is 35.2 Å². The normalized spacial score (nSPS) is 18.4. The zero-order chi connectivity index (χ0) is 11.9. The van der Waals surface area contributed by atoms with Crippen LogP contribution in [-0.2, 0) is 0 Å². The van der Waals surface area contributed by atoms with Crippen molar-refractivity contribution in [2.75, 3.05) is 13.1 Å². The van der Waals surface area contributed by atoms with Gasteiger partial charge in [0.15, 0.2) is 0 Å². The molecule has 16 heavy (non-hydrogen) atoms. The van der Waals surface area contributed by atoms with Gasteiger partial charge in [-0.25, -0.2) is 0 Å². The minimum atomic E-state index is -0.700. The third-order valence-electron chi connectivity index (χ3n) is 3.16. The van der Waals surface area contributed by atoms with E-state index >= 15 is 0 Å². The molecule has 1 saturated heterocycles. The molecule has 2 rings (SSSR count). The molecule has 0 spiro atoms. The van der Waals surface area contributed by atoms with E-state index in [1.807, 2.05) is 6.92 Å². The Morgan fingerprint density at radius 2 is 2.19 bits per heavy atom. The highest BCUT2D eigenvalue weighted by Crippen LogP contribution is 2.27. The molecule has 1 N–H and O–H groups in total. The van der Waals surface area contributed by atoms with Gasteiger partial charge in [0.25, 0.3) is 5.91 Å². The standard InChI is InChI=1S/C11H16N2O3/c1-4-11(15)5-13(6-11)10(14)9-7(2)12-16-8(9)3/h15H,4-6H2,1-3H3. The maximum absolute atomic E-state index is 12.0. The SMILES string of the molecule is CCC1(O)CN(C(=O)c2c(C)noc2C)C1. The number of β-amino-alcohol motifs (C(OH)–C–C–N with tert-alkyl or cyclic N) is 1. The molecule has 0 unspecified atom stereocenters. The third kappa shape index (κ3) is 1.61. The Labute approximate surface area is 94.0 Å². The van der Waals surface area contributed by atoms with Crippen molar-refractivity contribution < 1.29 is 14.4 Å². The number of rotatable bonds is 2. The molecule has 1 aromatic rings. The number of aliphatic hydroxyl groups is 1. The Hall–Kier alpha value is -1.36. The molecule has 1 amide bonds. The Kier molecular flexibility index (Phi) is 2.50. The summed E-state index contributed by atoms with van der Waals surface area (Å²) in [7, 11) is 0. The first-order valence-corrected chi connectivity index (χ1v) is 5.41. The van der Waals surface area contributed by atoms with E-state index in [9.17, 15) is 9.90 Å². The number of likely N-dealkylation sites (tertiary alicyclic amines) is 1. The van der Waals surface area contributed by atoms with Gasteiger partial charge >= 0.3 is 0 Å². The van der Waals surface area contributed by atoms with Gasteiger partial charge < -0.3 is 14.5 Å². The second kappa shape index (κ2) is 3.59. The smallest absolute Gasteiger partial charge is 0.259 e. The average molecular weight is 224 g/mol. The van der Waals surface area contributed by atoms with Crippen LogP contribution in [0.5, 0.6) is 0 Å². The number of aryl methyl sites for hydroxylation is 2. The summed E-state index contributed by atoms with van der Waals surface area (Å²) in [4.78, 5) is 13.7. The van der Waals surface area contributed by atoms with Gasteiger partial charge in [-0.2, -0.15) is 0 Å². The van der Waals surface area contributed by atoms with E-state index in [1.165, 1.54) is 0 Å². The number of hydrogen-bond acceptors (Lipinski definition) is 4. The van der Waals surface area contributed by atoms with E-state index in [1.54, 1.807) is 18.7 Å². The number of amides is 1. The number of carbonyl (C=O) groups is 1. The van der Waals surface area contributed by atoms with Crippen molar-refractivity contribution in [1.82, 2.24) is 10.1 Å². The molecule has 1 fully saturated rings. The summed E-state index contributed by atoms with van der Waals surface area (Å²) in [6.45, 7) is 6.17. The molecule has 0 bridgehead atoms. The first-order valence-electron chi connectivity index (χ1n) is 5.41. The lowest BCUT2D eigenvalue weighted by Gasteiger charge is -2.46. The molecule has 1 aliphatic rings. The van der Waals surface area contributed by atoms with Crippen molar-refractivity contribution in [2.24, 2.45) is 0 Å². The van der Waals surface area contributed by atoms with E-state index in [2.05, 4.69) is 5.16 Å². The highest BCUT2D eigenvalue weighted by Gasteiger charge is 2.43. The van der Waals surface area contributed by atoms with Crippen molar-refractivity contribution in [3.05, 3.63) is 17.0 Å². The fourth-order valence-electron chi connectivity index (χ4n) is 1.98. The summed E-state index contributed by atoms with van der Waals surface area (Å²) in [6.07, 6.45) is 0.665. The minimum absolute atomic E-state index is 0.102. The lowest BCUT2D eigenvalue weighted by Crippen LogP contribution is -2.63. The highest BCUT2D eigenvalue weighted by atomic mass is 16.5. The first kappa shape index (κ1) is 11.1. The fraction of sp³-hybridized carbons (Fsp3) is 0.636. The molecular formula is C11H16N2O3. The molecule has 0 atom stereocenters. The summed E-state index contributed by atoms with van der Waals surface area (Å²) in [5, 5.41) is 13.6. The van der Waals surface area contributed by atoms with E-state index in [-0.39, 0.29) is 5.91 Å². The van der Waals surface area contributed by atoms with E-state index in [0.29, 0.717) is 36.5 Å². The molecule has 2 heterocycles. The molecule has 0 radical (unpaired) electrons. The van der Waals surface area contributed by atoms with Crippen molar-refractivity contribution in [1.29, 1.82) is 0 Å². The van der Waals surface area contributed by atoms with Crippen LogP contribution in [0.15, 0.2) is 4.52 Å². The lowest BCUT2D eigenvalue weighted by atomic mass is 9.90. The second-order valence-corrected chi connectivity index (χ2v) is 4.44. The van der Waals surface area contributed by atoms with E-state index in [0.717, 1.165) is 0 Å². The number of carbonyl (C=O) groups excluding carboxylic acids is 1. The molecular weight excluding hydrogens is 208 g/mol. The van der Waals surface area contributed by atoms with E-state index in [4.69, 9.17) is 4.52 Å². The minimum Gasteiger partial charge on any atom is -0.386 e. The van der Waals surface area contributed by atoms with Gasteiger partial charge in [0.2, 0.25) is 0 Å². The maximum Gasteiger partial charge on any atom is 0.259 e. The Balaban J connectivity index is 2.12. The van der Waals surface area contributed by atoms with Gasteiger partial charge in [-0.3, -0.25) is 4.79 Å². The van der Waals surface area contributed by atoms with Crippen molar-refractivity contribution in [3.8, 4) is 0 Å². The summed E-state index contributed by atoms with van der Waals surface area (Å²) < 4.78 is 4.95. The van der Waals surface area contributed by atoms with Gasteiger partial charge in [-0.05, 0) is 20.3 Å². The van der Waals surface area contributed by atoms with Crippen molar-refractivity contribution in [2.45, 2.75) is 32.8 Å². The molecule has 0 aliphatic carbocycles. The lowest BCUT2D eigenvalue weighted by molar-refractivity contribution is -0.0827. The van der Waals surface area contributed by atoms with Crippen molar-refractivity contribution in [3.63, 3.8) is 0 Å². The van der Waals surface area contributed by atoms with E-state index < -0.39 is 5.60 Å². The Bertz CT molecular complexity index is 399. The summed E-state index contributed by atoms with van der Waals surface area (Å²) >= 11 is 0. The number of hydrogen-bond donors (Lipinski definition) is 1. The molecule has 1 aromatic heterocycles. The third-order valence-corrected chi connectivity index (χ3v) is 3.16. The van der Waals surface area contributed by atoms with Crippen LogP contribution in [0.2, 0.25) is 0 Å². The van der Waals surface area contributed by atoms with Crippen LogP contribution in [0.4, 0.5) is 0 Å². The largest absolute Gasteiger partial charge is 0.386 e. The molecule has 88 valence electrons. The molecule has 0 saturated carbocycles. The monoisotopic (exact) mass is 224 g/mol. The molecule has 5 heteroatoms. The van der Waals surface area contributed by atoms with Gasteiger partial charge in [0.05, 0.1) is 24.4 Å². The zero-order valence-corrected chi connectivity index (χ0v) is 9.78. The summed E-state index contributed by atoms with van der Waals surface area (Å²) in [5.41, 5.74) is 0.432. The van der Waals surface area contributed by atoms with Gasteiger partial charge in [-0.15, -0.1) is 0 Å². The molecule has 1 aliphatic heterocycles. The van der Waals surface area contributed by atoms with Crippen LogP contribution in [0, 0.1) is 13.8 Å². The summed E-state index contributed by atoms with van der Waals surface area (Å²) in [5.74, 6) is 0.434. The second-order valence-electron chi connectivity index (χ2n) is 4.44. The fourth-order valence-corrected chi connectivity index (χ4v) is 1.98. The predicted octanol–water partition coefficient (Wildman–Crippen LogP) is 0.888. The molecule has 0 aromatic carbocycles. The number of nitrogens with zero attached hydrogens (tertiary/aromatic N) is 2. The molecule has 5 nitrogen and oxygen atoms in total. The maximum atomic E-state index is 12.0. The van der Waals surface area contributed by atoms with Crippen LogP contribution < -0.4 is 0 Å². The Morgan fingerprint density at radius 1 is 1.56 bits per heavy atom. The van der Waals surface area contributed by atoms with Gasteiger partial charge in [-0.1, -0.05) is 12.1 Å². The highest BCUT2D eigenvalue weighted by molar-refractivity contribution is 5.96. The predicted molar refractivity (Wildman–Crippen MR) is 57.1 cm³/mol. The average Bonchev–Trinajstić information content (AvgIpc) is 2.53. The zero-order valence-electron chi connectivity index (χ0n) is 9.78.